The second-order valence-electron chi connectivity index (χ2n) is 12.7. The summed E-state index contributed by atoms with van der Waals surface area (Å²) < 4.78 is 27.5. The molecule has 2 fully saturated rings. The molecule has 0 unspecified atom stereocenters. The number of carbonyl (C=O) groups is 3. The molecular formula is C30H42N6O5S2. The molecule has 4 rings (SSSR count). The molecule has 2 aromatic rings. The van der Waals surface area contributed by atoms with Gasteiger partial charge in [0, 0.05) is 55.4 Å². The molecule has 2 aliphatic heterocycles. The highest BCUT2D eigenvalue weighted by Crippen LogP contribution is 2.42. The Labute approximate surface area is 258 Å². The molecule has 0 spiro atoms. The lowest BCUT2D eigenvalue weighted by Gasteiger charge is -2.32. The molecule has 2 aliphatic rings. The lowest BCUT2D eigenvalue weighted by molar-refractivity contribution is -0.131. The van der Waals surface area contributed by atoms with Gasteiger partial charge in [-0.05, 0) is 55.5 Å². The van der Waals surface area contributed by atoms with Gasteiger partial charge in [-0.25, -0.2) is 13.2 Å². The van der Waals surface area contributed by atoms with E-state index in [1.54, 1.807) is 23.1 Å². The van der Waals surface area contributed by atoms with E-state index in [-0.39, 0.29) is 40.8 Å². The minimum absolute atomic E-state index is 0.00981. The zero-order valence-corrected chi connectivity index (χ0v) is 27.1. The molecule has 11 nitrogen and oxygen atoms in total. The van der Waals surface area contributed by atoms with Crippen molar-refractivity contribution in [1.29, 1.82) is 0 Å². The van der Waals surface area contributed by atoms with Crippen LogP contribution in [-0.4, -0.2) is 89.2 Å². The number of rotatable bonds is 9. The van der Waals surface area contributed by atoms with Crippen LogP contribution in [0.4, 0.5) is 10.5 Å². The summed E-state index contributed by atoms with van der Waals surface area (Å²) in [5.41, 5.74) is 1.12. The van der Waals surface area contributed by atoms with Crippen molar-refractivity contribution in [3.05, 3.63) is 54.4 Å². The molecule has 234 valence electrons. The number of anilines is 1. The number of urea groups is 1. The van der Waals surface area contributed by atoms with Gasteiger partial charge < -0.3 is 20.9 Å². The quantitative estimate of drug-likeness (QED) is 0.384. The first-order chi connectivity index (χ1) is 20.2. The summed E-state index contributed by atoms with van der Waals surface area (Å²) in [6, 6.07) is 8.15. The first kappa shape index (κ1) is 32.9. The maximum absolute atomic E-state index is 13.9. The highest BCUT2D eigenvalue weighted by molar-refractivity contribution is 8.02. The zero-order valence-electron chi connectivity index (χ0n) is 25.4. The van der Waals surface area contributed by atoms with Gasteiger partial charge in [-0.15, -0.1) is 11.8 Å². The van der Waals surface area contributed by atoms with Crippen molar-refractivity contribution in [1.82, 2.24) is 24.8 Å². The third-order valence-electron chi connectivity index (χ3n) is 7.46. The van der Waals surface area contributed by atoms with Crippen LogP contribution in [-0.2, 0) is 26.0 Å². The Balaban J connectivity index is 1.52. The number of Topliss-reactive ketones (excluding diaryl/α,β-unsaturated/α-hetero) is 1. The average Bonchev–Trinajstić information content (AvgIpc) is 3.29. The summed E-state index contributed by atoms with van der Waals surface area (Å²) in [5.74, 6) is -0.555. The van der Waals surface area contributed by atoms with Gasteiger partial charge in [0.15, 0.2) is 5.78 Å². The third-order valence-corrected chi connectivity index (χ3v) is 10.8. The molecule has 0 aliphatic carbocycles. The maximum Gasteiger partial charge on any atom is 0.321 e. The number of carbonyl (C=O) groups excluding carboxylic acids is 3. The Hall–Kier alpha value is -3.00. The van der Waals surface area contributed by atoms with Crippen LogP contribution in [0.25, 0.3) is 0 Å². The molecule has 2 saturated heterocycles. The molecule has 3 heterocycles. The number of ketones is 1. The van der Waals surface area contributed by atoms with Crippen molar-refractivity contribution in [2.45, 2.75) is 69.2 Å². The van der Waals surface area contributed by atoms with E-state index in [1.807, 2.05) is 46.8 Å². The summed E-state index contributed by atoms with van der Waals surface area (Å²) in [7, 11) is -4.01. The van der Waals surface area contributed by atoms with Crippen molar-refractivity contribution in [3.8, 4) is 0 Å². The molecule has 3 amide bonds. The summed E-state index contributed by atoms with van der Waals surface area (Å²) in [6.07, 6.45) is 3.22. The zero-order chi connectivity index (χ0) is 31.4. The number of nitrogens with zero attached hydrogens (tertiary/aromatic N) is 3. The van der Waals surface area contributed by atoms with Gasteiger partial charge in [0.25, 0.3) is 0 Å². The summed E-state index contributed by atoms with van der Waals surface area (Å²) in [6.45, 7) is 12.3. The number of aromatic nitrogens is 1. The Kier molecular flexibility index (Phi) is 10.2. The first-order valence-corrected chi connectivity index (χ1v) is 16.8. The monoisotopic (exact) mass is 630 g/mol. The van der Waals surface area contributed by atoms with Crippen LogP contribution in [0.5, 0.6) is 0 Å². The third kappa shape index (κ3) is 8.34. The van der Waals surface area contributed by atoms with Crippen LogP contribution in [0.15, 0.2) is 53.7 Å². The average molecular weight is 631 g/mol. The number of amides is 3. The number of hydrogen-bond donors (Lipinski definition) is 3. The smallest absolute Gasteiger partial charge is 0.321 e. The summed E-state index contributed by atoms with van der Waals surface area (Å²) in [4.78, 5) is 45.7. The summed E-state index contributed by atoms with van der Waals surface area (Å²) >= 11 is 1.37. The van der Waals surface area contributed by atoms with Crippen molar-refractivity contribution in [3.63, 3.8) is 0 Å². The largest absolute Gasteiger partial charge is 0.345 e. The van der Waals surface area contributed by atoms with Crippen LogP contribution in [0.3, 0.4) is 0 Å². The standard InChI is InChI=1S/C30H42N6O5S2/c1-29(2,3)18-25(37)24(17-21-8-10-22(11-9-21)33-28(39)35-15-13-31-14-16-35)34-27(38)26-30(4,5)42-20-36(26)43(40,41)23-7-6-12-32-19-23/h6-12,19,24,26,31H,13-18,20H2,1-5H3,(H,33,39)(H,34,38)/t24-,26+/m0/s1. The predicted molar refractivity (Wildman–Crippen MR) is 168 cm³/mol. The molecular weight excluding hydrogens is 589 g/mol. The number of thioether (sulfide) groups is 1. The number of benzene rings is 1. The van der Waals surface area contributed by atoms with E-state index in [2.05, 4.69) is 20.9 Å². The van der Waals surface area contributed by atoms with Gasteiger partial charge in [-0.1, -0.05) is 32.9 Å². The fraction of sp³-hybridized carbons (Fsp3) is 0.533. The Morgan fingerprint density at radius 1 is 1.12 bits per heavy atom. The lowest BCUT2D eigenvalue weighted by Crippen LogP contribution is -2.56. The second kappa shape index (κ2) is 13.3. The molecule has 1 aromatic carbocycles. The Bertz CT molecular complexity index is 1400. The van der Waals surface area contributed by atoms with Crippen molar-refractivity contribution in [2.24, 2.45) is 5.41 Å². The number of hydrogen-bond acceptors (Lipinski definition) is 8. The highest BCUT2D eigenvalue weighted by Gasteiger charge is 2.51. The molecule has 13 heteroatoms. The Morgan fingerprint density at radius 3 is 2.40 bits per heavy atom. The van der Waals surface area contributed by atoms with E-state index >= 15 is 0 Å². The molecule has 43 heavy (non-hydrogen) atoms. The van der Waals surface area contributed by atoms with E-state index in [4.69, 9.17) is 0 Å². The summed E-state index contributed by atoms with van der Waals surface area (Å²) in [5, 5.41) is 9.05. The SMILES string of the molecule is CC(C)(C)CC(=O)[C@H](Cc1ccc(NC(=O)N2CCNCC2)cc1)NC(=O)[C@H]1N(S(=O)(=O)c2cccnc2)CSC1(C)C. The predicted octanol–water partition coefficient (Wildman–Crippen LogP) is 3.09. The second-order valence-corrected chi connectivity index (χ2v) is 16.2. The molecule has 2 atom stereocenters. The van der Waals surface area contributed by atoms with Crippen LogP contribution in [0.2, 0.25) is 0 Å². The fourth-order valence-electron chi connectivity index (χ4n) is 5.19. The van der Waals surface area contributed by atoms with Crippen LogP contribution in [0.1, 0.15) is 46.6 Å². The highest BCUT2D eigenvalue weighted by atomic mass is 32.2. The van der Waals surface area contributed by atoms with Gasteiger partial charge in [-0.2, -0.15) is 4.31 Å². The van der Waals surface area contributed by atoms with E-state index < -0.39 is 32.8 Å². The van der Waals surface area contributed by atoms with Crippen molar-refractivity contribution >= 4 is 45.2 Å². The van der Waals surface area contributed by atoms with Gasteiger partial charge in [0.2, 0.25) is 15.9 Å². The molecule has 0 bridgehead atoms. The number of nitrogens with one attached hydrogen (secondary N) is 3. The fourth-order valence-corrected chi connectivity index (χ4v) is 8.33. The van der Waals surface area contributed by atoms with Gasteiger partial charge in [-0.3, -0.25) is 14.6 Å². The normalized spacial score (nSPS) is 19.9. The maximum atomic E-state index is 13.9. The van der Waals surface area contributed by atoms with Gasteiger partial charge >= 0.3 is 6.03 Å². The first-order valence-electron chi connectivity index (χ1n) is 14.4. The minimum atomic E-state index is -4.01. The molecule has 0 saturated carbocycles. The molecule has 0 radical (unpaired) electrons. The van der Waals surface area contributed by atoms with Crippen molar-refractivity contribution < 1.29 is 22.8 Å². The van der Waals surface area contributed by atoms with E-state index in [0.717, 1.165) is 18.7 Å². The lowest BCUT2D eigenvalue weighted by atomic mass is 9.86. The minimum Gasteiger partial charge on any atom is -0.345 e. The topological polar surface area (TPSA) is 141 Å². The van der Waals surface area contributed by atoms with Crippen LogP contribution < -0.4 is 16.0 Å². The van der Waals surface area contributed by atoms with Gasteiger partial charge in [0.05, 0.1) is 11.9 Å². The Morgan fingerprint density at radius 2 is 1.79 bits per heavy atom. The molecule has 1 aromatic heterocycles. The van der Waals surface area contributed by atoms with E-state index in [9.17, 15) is 22.8 Å². The number of sulfonamides is 1. The molecule has 3 N–H and O–H groups in total. The van der Waals surface area contributed by atoms with E-state index in [0.29, 0.717) is 18.8 Å². The van der Waals surface area contributed by atoms with Gasteiger partial charge in [0.1, 0.15) is 10.9 Å². The van der Waals surface area contributed by atoms with Crippen LogP contribution >= 0.6 is 11.8 Å². The van der Waals surface area contributed by atoms with E-state index in [1.165, 1.54) is 34.5 Å². The van der Waals surface area contributed by atoms with Crippen molar-refractivity contribution in [2.75, 3.05) is 37.4 Å². The number of pyridine rings is 1. The number of piperazine rings is 1. The van der Waals surface area contributed by atoms with Crippen LogP contribution in [0, 0.1) is 5.41 Å².